The fourth-order valence-corrected chi connectivity index (χ4v) is 8.08. The molecule has 224 valence electrons. The molecule has 2 N–H and O–H groups in total. The van der Waals surface area contributed by atoms with Crippen molar-refractivity contribution in [3.8, 4) is 0 Å². The Bertz CT molecular complexity index is 1340. The van der Waals surface area contributed by atoms with Crippen LogP contribution in [-0.4, -0.2) is 57.0 Å². The number of nitrogens with zero attached hydrogens (tertiary/aromatic N) is 3. The lowest BCUT2D eigenvalue weighted by Crippen LogP contribution is -2.53. The topological polar surface area (TPSA) is 70.4 Å². The standard InChI is InChI=1S/C35H45FN4O2/c1-2-40-33(23-31(38-40)19-25-9-4-3-5-10-25)26-13-17-39(18-14-26)24-28-21-30(37-35(34(41)42)15-6-7-16-35)22-32(28)27-11-8-12-29(36)20-27/h3-5,8-12,20,23,26,28,30,32,37H,2,6-7,13-19,21-22,24H2,1H3,(H,41,42)/t28-,30?,32-/m1/s1. The molecule has 0 radical (unpaired) electrons. The van der Waals surface area contributed by atoms with Crippen molar-refractivity contribution in [3.63, 3.8) is 0 Å². The number of piperidine rings is 1. The summed E-state index contributed by atoms with van der Waals surface area (Å²) in [5.74, 6) is 0.191. The van der Waals surface area contributed by atoms with E-state index in [0.717, 1.165) is 82.4 Å². The molecule has 1 unspecified atom stereocenters. The molecule has 2 saturated carbocycles. The van der Waals surface area contributed by atoms with Crippen molar-refractivity contribution in [3.05, 3.63) is 89.0 Å². The predicted octanol–water partition coefficient (Wildman–Crippen LogP) is 6.36. The zero-order valence-corrected chi connectivity index (χ0v) is 24.9. The zero-order chi connectivity index (χ0) is 29.1. The number of nitrogens with one attached hydrogen (secondary N) is 1. The number of carbonyl (C=O) groups is 1. The molecule has 3 fully saturated rings. The van der Waals surface area contributed by atoms with E-state index in [1.807, 2.05) is 6.07 Å². The van der Waals surface area contributed by atoms with Crippen molar-refractivity contribution < 1.29 is 14.3 Å². The maximum absolute atomic E-state index is 14.3. The van der Waals surface area contributed by atoms with Crippen LogP contribution in [0.3, 0.4) is 0 Å². The van der Waals surface area contributed by atoms with Crippen molar-refractivity contribution in [1.82, 2.24) is 20.0 Å². The Hall–Kier alpha value is -3.03. The van der Waals surface area contributed by atoms with Crippen LogP contribution in [0.4, 0.5) is 4.39 Å². The smallest absolute Gasteiger partial charge is 0.323 e. The largest absolute Gasteiger partial charge is 0.480 e. The van der Waals surface area contributed by atoms with E-state index in [2.05, 4.69) is 64.3 Å². The lowest BCUT2D eigenvalue weighted by Gasteiger charge is -2.35. The SMILES string of the molecule is CCn1nc(Cc2ccccc2)cc1C1CCN(C[C@H]2CC(NC3(C(=O)O)CCCC3)C[C@@H]2c2cccc(F)c2)CC1. The van der Waals surface area contributed by atoms with Crippen molar-refractivity contribution in [2.24, 2.45) is 5.92 Å². The highest BCUT2D eigenvalue weighted by Gasteiger charge is 2.46. The number of aliphatic carboxylic acids is 1. The Balaban J connectivity index is 1.12. The molecule has 1 aliphatic heterocycles. The third kappa shape index (κ3) is 6.32. The van der Waals surface area contributed by atoms with Crippen LogP contribution in [0.25, 0.3) is 0 Å². The lowest BCUT2D eigenvalue weighted by molar-refractivity contribution is -0.145. The van der Waals surface area contributed by atoms with Crippen molar-refractivity contribution in [1.29, 1.82) is 0 Å². The highest BCUT2D eigenvalue weighted by atomic mass is 19.1. The van der Waals surface area contributed by atoms with E-state index in [1.54, 1.807) is 6.07 Å². The van der Waals surface area contributed by atoms with Crippen LogP contribution in [0, 0.1) is 11.7 Å². The van der Waals surface area contributed by atoms with Gasteiger partial charge in [0.2, 0.25) is 0 Å². The second-order valence-corrected chi connectivity index (χ2v) is 12.9. The minimum atomic E-state index is -0.800. The van der Waals surface area contributed by atoms with Gasteiger partial charge in [-0.05, 0) is 99.7 Å². The Labute approximate surface area is 249 Å². The summed E-state index contributed by atoms with van der Waals surface area (Å²) < 4.78 is 16.5. The fraction of sp³-hybridized carbons (Fsp3) is 0.543. The van der Waals surface area contributed by atoms with Gasteiger partial charge in [0.05, 0.1) is 5.69 Å². The van der Waals surface area contributed by atoms with Crippen LogP contribution < -0.4 is 5.32 Å². The first-order valence-electron chi connectivity index (χ1n) is 16.0. The van der Waals surface area contributed by atoms with E-state index < -0.39 is 11.5 Å². The minimum absolute atomic E-state index is 0.136. The number of benzene rings is 2. The molecule has 6 rings (SSSR count). The summed E-state index contributed by atoms with van der Waals surface area (Å²) in [6.45, 7) is 6.11. The van der Waals surface area contributed by atoms with Gasteiger partial charge >= 0.3 is 5.97 Å². The molecule has 1 saturated heterocycles. The van der Waals surface area contributed by atoms with Gasteiger partial charge < -0.3 is 10.0 Å². The van der Waals surface area contributed by atoms with Crippen LogP contribution in [-0.2, 0) is 17.8 Å². The van der Waals surface area contributed by atoms with Gasteiger partial charge in [-0.15, -0.1) is 0 Å². The molecule has 3 aliphatic rings. The lowest BCUT2D eigenvalue weighted by atomic mass is 9.87. The molecular weight excluding hydrogens is 527 g/mol. The summed E-state index contributed by atoms with van der Waals surface area (Å²) in [7, 11) is 0. The molecule has 0 bridgehead atoms. The summed E-state index contributed by atoms with van der Waals surface area (Å²) in [6.07, 6.45) is 8.19. The number of carboxylic acid groups (broad SMARTS) is 1. The second-order valence-electron chi connectivity index (χ2n) is 12.9. The van der Waals surface area contributed by atoms with Gasteiger partial charge in [-0.2, -0.15) is 5.10 Å². The molecule has 2 heterocycles. The Morgan fingerprint density at radius 3 is 2.50 bits per heavy atom. The molecule has 2 aromatic carbocycles. The van der Waals surface area contributed by atoms with Gasteiger partial charge in [0.1, 0.15) is 11.4 Å². The summed E-state index contributed by atoms with van der Waals surface area (Å²) in [5, 5.41) is 18.6. The molecule has 0 amide bonds. The van der Waals surface area contributed by atoms with E-state index in [4.69, 9.17) is 5.10 Å². The Morgan fingerprint density at radius 1 is 1.05 bits per heavy atom. The fourth-order valence-electron chi connectivity index (χ4n) is 8.08. The summed E-state index contributed by atoms with van der Waals surface area (Å²) >= 11 is 0. The van der Waals surface area contributed by atoms with Gasteiger partial charge in [-0.25, -0.2) is 4.39 Å². The number of hydrogen-bond acceptors (Lipinski definition) is 4. The minimum Gasteiger partial charge on any atom is -0.480 e. The van der Waals surface area contributed by atoms with Gasteiger partial charge in [0.25, 0.3) is 0 Å². The average Bonchev–Trinajstić information content (AvgIpc) is 3.74. The predicted molar refractivity (Wildman–Crippen MR) is 163 cm³/mol. The van der Waals surface area contributed by atoms with E-state index in [1.165, 1.54) is 17.3 Å². The first-order valence-corrected chi connectivity index (χ1v) is 16.0. The molecule has 3 aromatic rings. The second kappa shape index (κ2) is 12.7. The Morgan fingerprint density at radius 2 is 1.81 bits per heavy atom. The average molecular weight is 573 g/mol. The van der Waals surface area contributed by atoms with Gasteiger partial charge in [-0.1, -0.05) is 55.3 Å². The third-order valence-corrected chi connectivity index (χ3v) is 10.2. The number of likely N-dealkylation sites (tertiary alicyclic amines) is 1. The Kier molecular flexibility index (Phi) is 8.77. The molecule has 3 atom stereocenters. The van der Waals surface area contributed by atoms with Gasteiger partial charge in [0, 0.05) is 37.2 Å². The quantitative estimate of drug-likeness (QED) is 0.296. The molecule has 2 aliphatic carbocycles. The third-order valence-electron chi connectivity index (χ3n) is 10.2. The first-order chi connectivity index (χ1) is 20.4. The molecule has 7 heteroatoms. The first kappa shape index (κ1) is 29.1. The highest BCUT2D eigenvalue weighted by Crippen LogP contribution is 2.43. The molecule has 0 spiro atoms. The van der Waals surface area contributed by atoms with Crippen molar-refractivity contribution in [2.75, 3.05) is 19.6 Å². The van der Waals surface area contributed by atoms with Crippen LogP contribution in [0.2, 0.25) is 0 Å². The van der Waals surface area contributed by atoms with Crippen LogP contribution in [0.5, 0.6) is 0 Å². The monoisotopic (exact) mass is 572 g/mol. The van der Waals surface area contributed by atoms with Gasteiger partial charge in [-0.3, -0.25) is 14.8 Å². The van der Waals surface area contributed by atoms with Gasteiger partial charge in [0.15, 0.2) is 0 Å². The van der Waals surface area contributed by atoms with Crippen LogP contribution >= 0.6 is 0 Å². The number of aromatic nitrogens is 2. The highest BCUT2D eigenvalue weighted by molar-refractivity contribution is 5.79. The molecular formula is C35H45FN4O2. The maximum Gasteiger partial charge on any atom is 0.323 e. The number of rotatable bonds is 10. The van der Waals surface area contributed by atoms with Crippen LogP contribution in [0.1, 0.15) is 92.6 Å². The van der Waals surface area contributed by atoms with Crippen LogP contribution in [0.15, 0.2) is 60.7 Å². The summed E-state index contributed by atoms with van der Waals surface area (Å²) in [6, 6.07) is 20.1. The summed E-state index contributed by atoms with van der Waals surface area (Å²) in [4.78, 5) is 14.9. The van der Waals surface area contributed by atoms with E-state index in [-0.39, 0.29) is 17.8 Å². The number of carboxylic acids is 1. The van der Waals surface area contributed by atoms with E-state index in [9.17, 15) is 14.3 Å². The normalized spacial score (nSPS) is 24.8. The molecule has 42 heavy (non-hydrogen) atoms. The maximum atomic E-state index is 14.3. The number of halogens is 1. The molecule has 1 aromatic heterocycles. The number of aryl methyl sites for hydroxylation is 1. The summed E-state index contributed by atoms with van der Waals surface area (Å²) in [5.41, 5.74) is 4.05. The number of hydrogen-bond donors (Lipinski definition) is 2. The molecule has 6 nitrogen and oxygen atoms in total. The van der Waals surface area contributed by atoms with E-state index >= 15 is 0 Å². The van der Waals surface area contributed by atoms with Crippen molar-refractivity contribution in [2.45, 2.75) is 94.7 Å². The van der Waals surface area contributed by atoms with E-state index in [0.29, 0.717) is 24.7 Å². The zero-order valence-electron chi connectivity index (χ0n) is 24.9. The van der Waals surface area contributed by atoms with Crippen molar-refractivity contribution >= 4 is 5.97 Å².